The second-order valence-corrected chi connectivity index (χ2v) is 6.31. The minimum atomic E-state index is -1.84. The predicted molar refractivity (Wildman–Crippen MR) is 78.4 cm³/mol. The van der Waals surface area contributed by atoms with Crippen molar-refractivity contribution < 1.29 is 24.3 Å². The highest BCUT2D eigenvalue weighted by Gasteiger charge is 2.41. The number of quaternary nitrogens is 1. The fourth-order valence-corrected chi connectivity index (χ4v) is 2.11. The standard InChI is InChI=1S/C15H27NO4/c1-5-6-7-8-9-10-13(17)15(20,11-14(18)19)12-16(2,3)4/h9-10,20H,5-8,11-12H2,1-4H3/p+1/b10-9+/t15-/m1/s1. The zero-order valence-electron chi connectivity index (χ0n) is 13.1. The average molecular weight is 286 g/mol. The van der Waals surface area contributed by atoms with Crippen LogP contribution in [-0.2, 0) is 9.59 Å². The molecule has 0 aromatic carbocycles. The summed E-state index contributed by atoms with van der Waals surface area (Å²) in [7, 11) is 5.43. The highest BCUT2D eigenvalue weighted by atomic mass is 16.4. The molecule has 5 nitrogen and oxygen atoms in total. The Balaban J connectivity index is 4.76. The van der Waals surface area contributed by atoms with Crippen LogP contribution >= 0.6 is 0 Å². The third-order valence-corrected chi connectivity index (χ3v) is 2.88. The first-order valence-electron chi connectivity index (χ1n) is 7.06. The number of carboxylic acids is 1. The number of rotatable bonds is 10. The Kier molecular flexibility index (Phi) is 7.68. The molecule has 0 radical (unpaired) electrons. The van der Waals surface area contributed by atoms with Crippen LogP contribution in [0.25, 0.3) is 0 Å². The lowest BCUT2D eigenvalue weighted by Gasteiger charge is -2.33. The second kappa shape index (κ2) is 8.17. The Morgan fingerprint density at radius 2 is 1.80 bits per heavy atom. The van der Waals surface area contributed by atoms with Gasteiger partial charge >= 0.3 is 5.97 Å². The van der Waals surface area contributed by atoms with Crippen LogP contribution in [0.3, 0.4) is 0 Å². The summed E-state index contributed by atoms with van der Waals surface area (Å²) in [6.45, 7) is 2.17. The molecule has 0 saturated heterocycles. The van der Waals surface area contributed by atoms with Crippen LogP contribution in [0, 0.1) is 0 Å². The van der Waals surface area contributed by atoms with E-state index < -0.39 is 23.8 Å². The molecule has 0 spiro atoms. The van der Waals surface area contributed by atoms with Gasteiger partial charge in [-0.05, 0) is 18.9 Å². The molecule has 0 aromatic heterocycles. The third-order valence-electron chi connectivity index (χ3n) is 2.88. The van der Waals surface area contributed by atoms with Crippen LogP contribution < -0.4 is 0 Å². The summed E-state index contributed by atoms with van der Waals surface area (Å²) >= 11 is 0. The van der Waals surface area contributed by atoms with Crippen molar-refractivity contribution in [2.24, 2.45) is 0 Å². The molecule has 0 fully saturated rings. The lowest BCUT2D eigenvalue weighted by atomic mass is 9.92. The molecule has 5 heteroatoms. The fourth-order valence-electron chi connectivity index (χ4n) is 2.11. The average Bonchev–Trinajstić information content (AvgIpc) is 2.24. The minimum Gasteiger partial charge on any atom is -0.481 e. The number of hydrogen-bond donors (Lipinski definition) is 2. The summed E-state index contributed by atoms with van der Waals surface area (Å²) in [5.41, 5.74) is -1.84. The number of allylic oxidation sites excluding steroid dienone is 1. The van der Waals surface area contributed by atoms with Gasteiger partial charge in [-0.2, -0.15) is 0 Å². The second-order valence-electron chi connectivity index (χ2n) is 6.31. The summed E-state index contributed by atoms with van der Waals surface area (Å²) in [6, 6.07) is 0. The van der Waals surface area contributed by atoms with Crippen molar-refractivity contribution in [3.05, 3.63) is 12.2 Å². The molecular weight excluding hydrogens is 258 g/mol. The van der Waals surface area contributed by atoms with Gasteiger partial charge in [-0.1, -0.05) is 25.8 Å². The Morgan fingerprint density at radius 1 is 1.20 bits per heavy atom. The van der Waals surface area contributed by atoms with Crippen molar-refractivity contribution in [1.29, 1.82) is 0 Å². The number of likely N-dealkylation sites (N-methyl/N-ethyl adjacent to an activating group) is 1. The van der Waals surface area contributed by atoms with E-state index in [4.69, 9.17) is 5.11 Å². The number of carbonyl (C=O) groups excluding carboxylic acids is 1. The first-order chi connectivity index (χ1) is 9.10. The van der Waals surface area contributed by atoms with E-state index >= 15 is 0 Å². The Labute approximate surface area is 121 Å². The Hall–Kier alpha value is -1.20. The van der Waals surface area contributed by atoms with E-state index in [9.17, 15) is 14.7 Å². The molecule has 0 bridgehead atoms. The predicted octanol–water partition coefficient (Wildman–Crippen LogP) is 1.60. The summed E-state index contributed by atoms with van der Waals surface area (Å²) in [4.78, 5) is 23.0. The number of hydrogen-bond acceptors (Lipinski definition) is 3. The van der Waals surface area contributed by atoms with Gasteiger partial charge in [0, 0.05) is 0 Å². The Morgan fingerprint density at radius 3 is 2.25 bits per heavy atom. The first-order valence-corrected chi connectivity index (χ1v) is 7.06. The molecule has 0 saturated carbocycles. The van der Waals surface area contributed by atoms with E-state index in [1.165, 1.54) is 6.08 Å². The van der Waals surface area contributed by atoms with Crippen molar-refractivity contribution in [2.45, 2.75) is 44.6 Å². The van der Waals surface area contributed by atoms with Crippen LogP contribution in [0.15, 0.2) is 12.2 Å². The van der Waals surface area contributed by atoms with Crippen molar-refractivity contribution in [2.75, 3.05) is 27.7 Å². The number of aliphatic carboxylic acids is 1. The van der Waals surface area contributed by atoms with E-state index in [2.05, 4.69) is 6.92 Å². The van der Waals surface area contributed by atoms with Crippen molar-refractivity contribution in [1.82, 2.24) is 0 Å². The molecule has 2 N–H and O–H groups in total. The first kappa shape index (κ1) is 18.8. The topological polar surface area (TPSA) is 74.6 Å². The van der Waals surface area contributed by atoms with E-state index in [0.29, 0.717) is 4.48 Å². The molecule has 0 aromatic rings. The van der Waals surface area contributed by atoms with Crippen molar-refractivity contribution >= 4 is 11.8 Å². The molecule has 0 aliphatic rings. The number of aliphatic hydroxyl groups is 1. The molecule has 1 atom stereocenters. The zero-order chi connectivity index (χ0) is 15.8. The van der Waals surface area contributed by atoms with E-state index in [1.807, 2.05) is 21.1 Å². The SMILES string of the molecule is CCCCC/C=C/C(=O)[C@@](O)(CC(=O)O)C[N+](C)(C)C. The van der Waals surface area contributed by atoms with Gasteiger partial charge in [0.2, 0.25) is 0 Å². The summed E-state index contributed by atoms with van der Waals surface area (Å²) in [5, 5.41) is 19.3. The molecule has 0 rings (SSSR count). The van der Waals surface area contributed by atoms with Gasteiger partial charge in [-0.25, -0.2) is 0 Å². The normalized spacial score (nSPS) is 15.2. The van der Waals surface area contributed by atoms with Crippen molar-refractivity contribution in [3.63, 3.8) is 0 Å². The van der Waals surface area contributed by atoms with Crippen LogP contribution in [0.5, 0.6) is 0 Å². The largest absolute Gasteiger partial charge is 0.481 e. The number of nitrogens with zero attached hydrogens (tertiary/aromatic N) is 1. The lowest BCUT2D eigenvalue weighted by Crippen LogP contribution is -2.54. The highest BCUT2D eigenvalue weighted by molar-refractivity contribution is 5.99. The van der Waals surface area contributed by atoms with Gasteiger partial charge in [0.25, 0.3) is 0 Å². The van der Waals surface area contributed by atoms with Gasteiger partial charge in [0.1, 0.15) is 6.54 Å². The van der Waals surface area contributed by atoms with Gasteiger partial charge in [0.05, 0.1) is 27.6 Å². The van der Waals surface area contributed by atoms with E-state index in [-0.39, 0.29) is 6.54 Å². The van der Waals surface area contributed by atoms with Crippen molar-refractivity contribution in [3.8, 4) is 0 Å². The monoisotopic (exact) mass is 286 g/mol. The molecule has 20 heavy (non-hydrogen) atoms. The quantitative estimate of drug-likeness (QED) is 0.363. The van der Waals surface area contributed by atoms with Crippen LogP contribution in [0.2, 0.25) is 0 Å². The molecule has 0 aliphatic carbocycles. The number of carboxylic acid groups (broad SMARTS) is 1. The number of ketones is 1. The smallest absolute Gasteiger partial charge is 0.307 e. The minimum absolute atomic E-state index is 0.0669. The molecule has 0 amide bonds. The molecule has 116 valence electrons. The fraction of sp³-hybridized carbons (Fsp3) is 0.733. The van der Waals surface area contributed by atoms with Gasteiger partial charge in [-0.15, -0.1) is 0 Å². The maximum atomic E-state index is 12.1. The lowest BCUT2D eigenvalue weighted by molar-refractivity contribution is -0.875. The van der Waals surface area contributed by atoms with E-state index in [0.717, 1.165) is 25.7 Å². The van der Waals surface area contributed by atoms with E-state index in [1.54, 1.807) is 6.08 Å². The summed E-state index contributed by atoms with van der Waals surface area (Å²) in [6.07, 6.45) is 6.44. The number of unbranched alkanes of at least 4 members (excludes halogenated alkanes) is 3. The maximum Gasteiger partial charge on any atom is 0.307 e. The van der Waals surface area contributed by atoms with Gasteiger partial charge in [-0.3, -0.25) is 9.59 Å². The summed E-state index contributed by atoms with van der Waals surface area (Å²) < 4.78 is 0.319. The highest BCUT2D eigenvalue weighted by Crippen LogP contribution is 2.17. The van der Waals surface area contributed by atoms with Crippen LogP contribution in [-0.4, -0.2) is 59.7 Å². The molecular formula is C15H28NO4+. The molecule has 0 unspecified atom stereocenters. The van der Waals surface area contributed by atoms with Crippen LogP contribution in [0.4, 0.5) is 0 Å². The maximum absolute atomic E-state index is 12.1. The molecule has 0 heterocycles. The Bertz CT molecular complexity index is 357. The van der Waals surface area contributed by atoms with Crippen LogP contribution in [0.1, 0.15) is 39.0 Å². The van der Waals surface area contributed by atoms with Gasteiger partial charge < -0.3 is 14.7 Å². The third kappa shape index (κ3) is 8.07. The molecule has 0 aliphatic heterocycles. The van der Waals surface area contributed by atoms with Gasteiger partial charge in [0.15, 0.2) is 11.4 Å². The summed E-state index contributed by atoms with van der Waals surface area (Å²) in [5.74, 6) is -1.70. The number of carbonyl (C=O) groups is 2. The zero-order valence-corrected chi connectivity index (χ0v) is 13.1.